The zero-order chi connectivity index (χ0) is 15.2. The molecule has 4 nitrogen and oxygen atoms in total. The summed E-state index contributed by atoms with van der Waals surface area (Å²) in [5, 5.41) is 10.3. The zero-order valence-electron chi connectivity index (χ0n) is 12.3. The quantitative estimate of drug-likeness (QED) is 0.853. The zero-order valence-corrected chi connectivity index (χ0v) is 12.3. The second-order valence-corrected chi connectivity index (χ2v) is 4.33. The van der Waals surface area contributed by atoms with E-state index in [2.05, 4.69) is 0 Å². The predicted octanol–water partition coefficient (Wildman–Crippen LogP) is 3.59. The maximum absolute atomic E-state index is 10.3. The van der Waals surface area contributed by atoms with E-state index < -0.39 is 0 Å². The van der Waals surface area contributed by atoms with Gasteiger partial charge >= 0.3 is 0 Å². The fourth-order valence-corrected chi connectivity index (χ4v) is 2.04. The lowest BCUT2D eigenvalue weighted by molar-refractivity contribution is 0.310. The summed E-state index contributed by atoms with van der Waals surface area (Å²) >= 11 is 0. The van der Waals surface area contributed by atoms with Gasteiger partial charge in [-0.25, -0.2) is 0 Å². The molecule has 0 heterocycles. The van der Waals surface area contributed by atoms with Crippen LogP contribution in [-0.2, 0) is 0 Å². The molecule has 0 aliphatic rings. The first-order valence-electron chi connectivity index (χ1n) is 6.46. The number of hydrogen-bond donors (Lipinski definition) is 1. The van der Waals surface area contributed by atoms with Gasteiger partial charge in [0.05, 0.1) is 21.3 Å². The summed E-state index contributed by atoms with van der Waals surface area (Å²) in [5.74, 6) is 1.14. The van der Waals surface area contributed by atoms with Gasteiger partial charge in [0.25, 0.3) is 0 Å². The van der Waals surface area contributed by atoms with Crippen LogP contribution in [0.5, 0.6) is 23.0 Å². The Balaban J connectivity index is 2.47. The standard InChI is InChI=1S/C17H18O4/c1-19-14-11-13(10-9-12-7-5-4-6-8-12)15(18)17(21-3)16(14)20-2/h4-11,18H,1-3H3/b10-9+. The van der Waals surface area contributed by atoms with Crippen molar-refractivity contribution >= 4 is 12.2 Å². The number of rotatable bonds is 5. The Morgan fingerprint density at radius 1 is 0.857 bits per heavy atom. The number of phenols is 1. The maximum Gasteiger partial charge on any atom is 0.207 e. The van der Waals surface area contributed by atoms with Crippen molar-refractivity contribution in [3.8, 4) is 23.0 Å². The van der Waals surface area contributed by atoms with Gasteiger partial charge in [-0.3, -0.25) is 0 Å². The van der Waals surface area contributed by atoms with Crippen molar-refractivity contribution in [3.05, 3.63) is 47.5 Å². The van der Waals surface area contributed by atoms with Crippen LogP contribution in [0.2, 0.25) is 0 Å². The molecule has 0 amide bonds. The topological polar surface area (TPSA) is 47.9 Å². The first kappa shape index (κ1) is 14.8. The number of ether oxygens (including phenoxy) is 3. The fourth-order valence-electron chi connectivity index (χ4n) is 2.04. The van der Waals surface area contributed by atoms with E-state index >= 15 is 0 Å². The van der Waals surface area contributed by atoms with Crippen LogP contribution in [0, 0.1) is 0 Å². The van der Waals surface area contributed by atoms with Crippen molar-refractivity contribution in [2.45, 2.75) is 0 Å². The molecular formula is C17H18O4. The van der Waals surface area contributed by atoms with E-state index in [1.165, 1.54) is 14.2 Å². The third-order valence-electron chi connectivity index (χ3n) is 3.09. The molecule has 1 N–H and O–H groups in total. The van der Waals surface area contributed by atoms with Gasteiger partial charge in [-0.2, -0.15) is 0 Å². The van der Waals surface area contributed by atoms with Crippen molar-refractivity contribution < 1.29 is 19.3 Å². The molecular weight excluding hydrogens is 268 g/mol. The van der Waals surface area contributed by atoms with Gasteiger partial charge in [-0.1, -0.05) is 42.5 Å². The monoisotopic (exact) mass is 286 g/mol. The Hall–Kier alpha value is -2.62. The van der Waals surface area contributed by atoms with Crippen molar-refractivity contribution in [1.82, 2.24) is 0 Å². The number of benzene rings is 2. The van der Waals surface area contributed by atoms with E-state index in [0.717, 1.165) is 5.56 Å². The van der Waals surface area contributed by atoms with Crippen LogP contribution in [0.25, 0.3) is 12.2 Å². The number of aromatic hydroxyl groups is 1. The third kappa shape index (κ3) is 3.11. The average molecular weight is 286 g/mol. The Labute approximate surface area is 124 Å². The van der Waals surface area contributed by atoms with Gasteiger partial charge < -0.3 is 19.3 Å². The lowest BCUT2D eigenvalue weighted by atomic mass is 10.1. The molecule has 0 aliphatic heterocycles. The molecule has 0 aromatic heterocycles. The van der Waals surface area contributed by atoms with Gasteiger partial charge in [0.2, 0.25) is 11.5 Å². The highest BCUT2D eigenvalue weighted by Gasteiger charge is 2.18. The van der Waals surface area contributed by atoms with Crippen molar-refractivity contribution in [2.24, 2.45) is 0 Å². The first-order chi connectivity index (χ1) is 10.2. The minimum Gasteiger partial charge on any atom is -0.504 e. The Kier molecular flexibility index (Phi) is 4.72. The average Bonchev–Trinajstić information content (AvgIpc) is 2.54. The molecule has 110 valence electrons. The van der Waals surface area contributed by atoms with E-state index in [1.54, 1.807) is 19.3 Å². The third-order valence-corrected chi connectivity index (χ3v) is 3.09. The molecule has 0 unspecified atom stereocenters. The summed E-state index contributed by atoms with van der Waals surface area (Å²) in [7, 11) is 4.51. The second-order valence-electron chi connectivity index (χ2n) is 4.33. The van der Waals surface area contributed by atoms with Crippen LogP contribution < -0.4 is 14.2 Å². The number of methoxy groups -OCH3 is 3. The fraction of sp³-hybridized carbons (Fsp3) is 0.176. The van der Waals surface area contributed by atoms with Crippen LogP contribution in [0.4, 0.5) is 0 Å². The summed E-state index contributed by atoms with van der Waals surface area (Å²) in [6.45, 7) is 0. The molecule has 4 heteroatoms. The van der Waals surface area contributed by atoms with Gasteiger partial charge in [0, 0.05) is 5.56 Å². The highest BCUT2D eigenvalue weighted by molar-refractivity contribution is 5.77. The second kappa shape index (κ2) is 6.70. The van der Waals surface area contributed by atoms with Crippen molar-refractivity contribution in [2.75, 3.05) is 21.3 Å². The lowest BCUT2D eigenvalue weighted by Crippen LogP contribution is -1.96. The van der Waals surface area contributed by atoms with Gasteiger partial charge in [0.1, 0.15) is 0 Å². The molecule has 2 aromatic rings. The molecule has 2 aromatic carbocycles. The molecule has 0 saturated carbocycles. The number of phenolic OH excluding ortho intramolecular Hbond substituents is 1. The Morgan fingerprint density at radius 3 is 2.10 bits per heavy atom. The molecule has 0 fully saturated rings. The summed E-state index contributed by atoms with van der Waals surface area (Å²) in [6.07, 6.45) is 3.70. The van der Waals surface area contributed by atoms with Gasteiger partial charge in [-0.15, -0.1) is 0 Å². The lowest BCUT2D eigenvalue weighted by Gasteiger charge is -2.15. The smallest absolute Gasteiger partial charge is 0.207 e. The van der Waals surface area contributed by atoms with E-state index in [1.807, 2.05) is 36.4 Å². The molecule has 0 bridgehead atoms. The largest absolute Gasteiger partial charge is 0.504 e. The normalized spacial score (nSPS) is 10.6. The Bertz CT molecular complexity index is 633. The molecule has 2 rings (SSSR count). The van der Waals surface area contributed by atoms with Crippen LogP contribution in [0.15, 0.2) is 36.4 Å². The summed E-state index contributed by atoms with van der Waals surface area (Å²) < 4.78 is 15.7. The first-order valence-corrected chi connectivity index (χ1v) is 6.46. The maximum atomic E-state index is 10.3. The van der Waals surface area contributed by atoms with Gasteiger partial charge in [-0.05, 0) is 11.6 Å². The summed E-state index contributed by atoms with van der Waals surface area (Å²) in [6, 6.07) is 11.5. The van der Waals surface area contributed by atoms with Gasteiger partial charge in [0.15, 0.2) is 11.5 Å². The van der Waals surface area contributed by atoms with Crippen LogP contribution >= 0.6 is 0 Å². The summed E-state index contributed by atoms with van der Waals surface area (Å²) in [5.41, 5.74) is 1.62. The van der Waals surface area contributed by atoms with Crippen molar-refractivity contribution in [1.29, 1.82) is 0 Å². The summed E-state index contributed by atoms with van der Waals surface area (Å²) in [4.78, 5) is 0. The molecule has 0 aliphatic carbocycles. The molecule has 21 heavy (non-hydrogen) atoms. The minimum absolute atomic E-state index is 0.0160. The molecule has 0 atom stereocenters. The van der Waals surface area contributed by atoms with E-state index in [-0.39, 0.29) is 11.5 Å². The van der Waals surface area contributed by atoms with E-state index in [0.29, 0.717) is 17.1 Å². The van der Waals surface area contributed by atoms with Crippen LogP contribution in [0.3, 0.4) is 0 Å². The minimum atomic E-state index is 0.0160. The Morgan fingerprint density at radius 2 is 1.52 bits per heavy atom. The van der Waals surface area contributed by atoms with Crippen molar-refractivity contribution in [3.63, 3.8) is 0 Å². The number of hydrogen-bond acceptors (Lipinski definition) is 4. The van der Waals surface area contributed by atoms with E-state index in [4.69, 9.17) is 14.2 Å². The SMILES string of the molecule is COc1cc(/C=C/c2ccccc2)c(O)c(OC)c1OC. The van der Waals surface area contributed by atoms with E-state index in [9.17, 15) is 5.11 Å². The molecule has 0 saturated heterocycles. The predicted molar refractivity (Wildman–Crippen MR) is 83.1 cm³/mol. The highest BCUT2D eigenvalue weighted by atomic mass is 16.5. The van der Waals surface area contributed by atoms with Crippen LogP contribution in [-0.4, -0.2) is 26.4 Å². The van der Waals surface area contributed by atoms with Crippen LogP contribution in [0.1, 0.15) is 11.1 Å². The molecule has 0 spiro atoms. The highest BCUT2D eigenvalue weighted by Crippen LogP contribution is 2.46. The molecule has 0 radical (unpaired) electrons.